The second-order valence-electron chi connectivity index (χ2n) is 37.0. The van der Waals surface area contributed by atoms with Crippen LogP contribution >= 0.6 is 0 Å². The van der Waals surface area contributed by atoms with Crippen molar-refractivity contribution in [3.05, 3.63) is 355 Å². The van der Waals surface area contributed by atoms with Crippen molar-refractivity contribution in [1.82, 2.24) is 9.13 Å². The highest BCUT2D eigenvalue weighted by molar-refractivity contribution is 7.00. The molecule has 0 atom stereocenters. The van der Waals surface area contributed by atoms with Crippen molar-refractivity contribution in [2.24, 2.45) is 0 Å². The second-order valence-corrected chi connectivity index (χ2v) is 37.0. The van der Waals surface area contributed by atoms with Crippen molar-refractivity contribution in [2.75, 3.05) is 9.80 Å². The highest BCUT2D eigenvalue weighted by Gasteiger charge is 2.46. The maximum absolute atomic E-state index is 2.65. The normalized spacial score (nSPS) is 15.5. The van der Waals surface area contributed by atoms with Crippen LogP contribution in [0.4, 0.5) is 34.1 Å². The molecule has 0 saturated carbocycles. The molecule has 2 aromatic heterocycles. The number of anilines is 6. The van der Waals surface area contributed by atoms with Crippen LogP contribution in [0.1, 0.15) is 130 Å². The number of hydrogen-bond acceptors (Lipinski definition) is 2. The minimum atomic E-state index is -0.215. The molecule has 15 aromatic carbocycles. The lowest BCUT2D eigenvalue weighted by atomic mass is 9.33. The van der Waals surface area contributed by atoms with Crippen molar-refractivity contribution in [2.45, 2.75) is 129 Å². The molecule has 2 aliphatic carbocycles. The van der Waals surface area contributed by atoms with Crippen LogP contribution in [0.25, 0.3) is 122 Å². The summed E-state index contributed by atoms with van der Waals surface area (Å²) >= 11 is 0. The van der Waals surface area contributed by atoms with Crippen LogP contribution in [0.15, 0.2) is 328 Å². The van der Waals surface area contributed by atoms with E-state index >= 15 is 0 Å². The third-order valence-electron chi connectivity index (χ3n) is 27.0. The van der Waals surface area contributed by atoms with E-state index in [2.05, 4.69) is 423 Å². The highest BCUT2D eigenvalue weighted by atomic mass is 15.2. The first-order valence-corrected chi connectivity index (χ1v) is 41.6. The third-order valence-corrected chi connectivity index (χ3v) is 27.0. The van der Waals surface area contributed by atoms with E-state index in [0.29, 0.717) is 0 Å². The Bertz CT molecular complexity index is 6710. The average Bonchev–Trinajstić information content (AvgIpc) is 1.47. The summed E-state index contributed by atoms with van der Waals surface area (Å²) < 4.78 is 5.10. The van der Waals surface area contributed by atoms with Gasteiger partial charge in [0.1, 0.15) is 0 Å². The minimum Gasteiger partial charge on any atom is -0.311 e. The first-order valence-electron chi connectivity index (χ1n) is 41.6. The van der Waals surface area contributed by atoms with Gasteiger partial charge in [-0.05, 0) is 261 Å². The van der Waals surface area contributed by atoms with Gasteiger partial charge in [0.25, 0.3) is 6.71 Å². The van der Waals surface area contributed by atoms with Crippen LogP contribution in [0.3, 0.4) is 0 Å². The molecule has 558 valence electrons. The number of rotatable bonds is 10. The maximum atomic E-state index is 2.65. The third kappa shape index (κ3) is 11.5. The smallest absolute Gasteiger partial charge is 0.252 e. The summed E-state index contributed by atoms with van der Waals surface area (Å²) in [6, 6.07) is 126. The van der Waals surface area contributed by atoms with Gasteiger partial charge in [-0.2, -0.15) is 0 Å². The van der Waals surface area contributed by atoms with Crippen molar-refractivity contribution in [3.63, 3.8) is 0 Å². The van der Waals surface area contributed by atoms with Crippen LogP contribution in [-0.2, 0) is 27.1 Å². The number of fused-ring (bicyclic) bond motifs is 12. The van der Waals surface area contributed by atoms with Gasteiger partial charge in [0.2, 0.25) is 0 Å². The molecule has 0 bridgehead atoms. The van der Waals surface area contributed by atoms with Gasteiger partial charge in [-0.1, -0.05) is 307 Å². The summed E-state index contributed by atoms with van der Waals surface area (Å²) in [5.41, 5.74) is 39.3. The van der Waals surface area contributed by atoms with Gasteiger partial charge in [-0.3, -0.25) is 0 Å². The molecule has 2 aliphatic heterocycles. The van der Waals surface area contributed by atoms with Gasteiger partial charge >= 0.3 is 0 Å². The number of benzene rings is 15. The maximum Gasteiger partial charge on any atom is 0.252 e. The largest absolute Gasteiger partial charge is 0.311 e. The monoisotopic (exact) mass is 1480 g/mol. The topological polar surface area (TPSA) is 16.3 Å². The molecule has 115 heavy (non-hydrogen) atoms. The van der Waals surface area contributed by atoms with E-state index in [1.54, 1.807) is 0 Å². The fraction of sp³-hybridized carbons (Fsp3) is 0.182. The van der Waals surface area contributed by atoms with Gasteiger partial charge in [-0.15, -0.1) is 0 Å². The Kier molecular flexibility index (Phi) is 16.0. The number of nitrogens with zero attached hydrogens (tertiary/aromatic N) is 4. The van der Waals surface area contributed by atoms with Crippen molar-refractivity contribution >= 4 is 101 Å². The molecule has 0 N–H and O–H groups in total. The predicted molar refractivity (Wildman–Crippen MR) is 491 cm³/mol. The summed E-state index contributed by atoms with van der Waals surface area (Å²) in [4.78, 5) is 5.27. The summed E-state index contributed by atoms with van der Waals surface area (Å²) in [7, 11) is 0. The Labute approximate surface area is 677 Å². The van der Waals surface area contributed by atoms with E-state index in [-0.39, 0.29) is 33.8 Å². The molecule has 21 rings (SSSR count). The van der Waals surface area contributed by atoms with Crippen LogP contribution in [0, 0.1) is 0 Å². The van der Waals surface area contributed by atoms with Gasteiger partial charge in [0.05, 0.1) is 27.8 Å². The quantitative estimate of drug-likeness (QED) is 0.127. The molecule has 0 fully saturated rings. The zero-order chi connectivity index (χ0) is 78.2. The lowest BCUT2D eigenvalue weighted by Crippen LogP contribution is -2.61. The minimum absolute atomic E-state index is 0.0494. The first kappa shape index (κ1) is 70.4. The van der Waals surface area contributed by atoms with E-state index < -0.39 is 0 Å². The summed E-state index contributed by atoms with van der Waals surface area (Å²) in [5.74, 6) is 0. The molecule has 17 aromatic rings. The molecule has 4 heterocycles. The number of hydrogen-bond donors (Lipinski definition) is 0. The standard InChI is InChI=1S/C110H95BN4/c1-106(2,3)82-31-23-30-75(60-82)81-43-55-101-96(66-81)111-95-51-48-85(114-99-53-41-77(71-26-17-13-18-27-71)62-89(99)90-63-78(42-54-100(90)114)72-28-19-14-20-29-72)67-102(95)113(84-46-36-74(37-47-84)80-39-50-92-94(65-80)110(10,11)59-57-108(92,6)7)104-69-86(115-97-33-22-21-32-87(97)88-61-76(40-52-98(88)115)70-24-15-12-16-25-70)68-103(105(104)111)112(101)83-44-34-73(35-45-83)79-38-49-91-93(64-79)109(8,9)58-56-107(91,4)5/h12-55,60-69H,56-59H2,1-11H3. The Hall–Kier alpha value is -12.4. The highest BCUT2D eigenvalue weighted by Crippen LogP contribution is 2.53. The fourth-order valence-corrected chi connectivity index (χ4v) is 20.3. The number of aromatic nitrogens is 2. The summed E-state index contributed by atoms with van der Waals surface area (Å²) in [6.07, 6.45) is 4.67. The van der Waals surface area contributed by atoms with Crippen LogP contribution < -0.4 is 26.2 Å². The van der Waals surface area contributed by atoms with E-state index in [1.165, 1.54) is 145 Å². The molecule has 5 heteroatoms. The summed E-state index contributed by atoms with van der Waals surface area (Å²) in [5, 5.41) is 4.85. The Balaban J connectivity index is 0.846. The van der Waals surface area contributed by atoms with Crippen LogP contribution in [-0.4, -0.2) is 15.8 Å². The lowest BCUT2D eigenvalue weighted by molar-refractivity contribution is 0.332. The SMILES string of the molecule is CC(C)(C)c1cccc(-c2ccc3c(c2)B2c4ccc(-n5c6ccc(-c7ccccc7)cc6c6cc(-c7ccccc7)ccc65)cc4N(c4ccc(-c5ccc6c(c5)C(C)(C)CCC6(C)C)cc4)c4cc(-n5c6ccccc6c6cc(-c7ccccc7)ccc65)cc(c42)N3c2ccc(-c3ccc4c(c3)C(C)(C)CCC4(C)C)cc2)c1. The van der Waals surface area contributed by atoms with Crippen LogP contribution in [0.2, 0.25) is 0 Å². The summed E-state index contributed by atoms with van der Waals surface area (Å²) in [6.45, 7) is 26.3. The van der Waals surface area contributed by atoms with E-state index in [1.807, 2.05) is 0 Å². The van der Waals surface area contributed by atoms with Crippen molar-refractivity contribution in [1.29, 1.82) is 0 Å². The Morgan fingerprint density at radius 3 is 1.10 bits per heavy atom. The van der Waals surface area contributed by atoms with Gasteiger partial charge in [0, 0.05) is 61.4 Å². The Morgan fingerprint density at radius 1 is 0.243 bits per heavy atom. The van der Waals surface area contributed by atoms with Crippen LogP contribution in [0.5, 0.6) is 0 Å². The van der Waals surface area contributed by atoms with Crippen molar-refractivity contribution < 1.29 is 0 Å². The molecule has 4 nitrogen and oxygen atoms in total. The van der Waals surface area contributed by atoms with Gasteiger partial charge < -0.3 is 18.9 Å². The molecular formula is C110H95BN4. The molecule has 0 radical (unpaired) electrons. The van der Waals surface area contributed by atoms with E-state index in [4.69, 9.17) is 0 Å². The molecule has 0 unspecified atom stereocenters. The van der Waals surface area contributed by atoms with E-state index in [0.717, 1.165) is 80.4 Å². The molecular weight excluding hydrogens is 1390 g/mol. The van der Waals surface area contributed by atoms with Gasteiger partial charge in [0.15, 0.2) is 0 Å². The van der Waals surface area contributed by atoms with Gasteiger partial charge in [-0.25, -0.2) is 0 Å². The fourth-order valence-electron chi connectivity index (χ4n) is 20.3. The lowest BCUT2D eigenvalue weighted by Gasteiger charge is -2.44. The molecule has 0 spiro atoms. The first-order chi connectivity index (χ1) is 55.6. The van der Waals surface area contributed by atoms with Crippen molar-refractivity contribution in [3.8, 4) is 78.1 Å². The zero-order valence-electron chi connectivity index (χ0n) is 67.9. The van der Waals surface area contributed by atoms with E-state index in [9.17, 15) is 0 Å². The molecule has 0 saturated heterocycles. The zero-order valence-corrected chi connectivity index (χ0v) is 67.9. The average molecular weight is 1480 g/mol. The molecule has 4 aliphatic rings. The predicted octanol–water partition coefficient (Wildman–Crippen LogP) is 28.0. The molecule has 0 amide bonds. The Morgan fingerprint density at radius 2 is 0.600 bits per heavy atom. The second kappa shape index (κ2) is 26.1. The number of para-hydroxylation sites is 1.